The summed E-state index contributed by atoms with van der Waals surface area (Å²) in [5, 5.41) is 0. The van der Waals surface area contributed by atoms with E-state index in [0.717, 1.165) is 11.4 Å². The highest BCUT2D eigenvalue weighted by Gasteiger charge is 2.19. The Kier molecular flexibility index (Phi) is 3.46. The van der Waals surface area contributed by atoms with Crippen molar-refractivity contribution in [1.82, 2.24) is 9.97 Å². The predicted octanol–water partition coefficient (Wildman–Crippen LogP) is 4.26. The van der Waals surface area contributed by atoms with Gasteiger partial charge in [-0.3, -0.25) is 0 Å². The van der Waals surface area contributed by atoms with E-state index in [1.807, 2.05) is 18.3 Å². The van der Waals surface area contributed by atoms with Gasteiger partial charge in [-0.1, -0.05) is 67.2 Å². The summed E-state index contributed by atoms with van der Waals surface area (Å²) in [6, 6.07) is 20.8. The Morgan fingerprint density at radius 1 is 0.900 bits per heavy atom. The highest BCUT2D eigenvalue weighted by molar-refractivity contribution is 5.69. The third-order valence-electron chi connectivity index (χ3n) is 3.42. The van der Waals surface area contributed by atoms with Crippen molar-refractivity contribution in [3.05, 3.63) is 96.6 Å². The average molecular weight is 260 g/mol. The van der Waals surface area contributed by atoms with Crippen LogP contribution in [-0.4, -0.2) is 9.97 Å². The highest BCUT2D eigenvalue weighted by Crippen LogP contribution is 2.35. The van der Waals surface area contributed by atoms with Crippen molar-refractivity contribution in [1.29, 1.82) is 0 Å². The van der Waals surface area contributed by atoms with E-state index in [2.05, 4.69) is 65.1 Å². The van der Waals surface area contributed by atoms with Crippen molar-refractivity contribution in [3.63, 3.8) is 0 Å². The third-order valence-corrected chi connectivity index (χ3v) is 3.42. The van der Waals surface area contributed by atoms with Gasteiger partial charge in [0.25, 0.3) is 0 Å². The zero-order chi connectivity index (χ0) is 13.8. The fourth-order valence-electron chi connectivity index (χ4n) is 2.46. The number of rotatable bonds is 4. The van der Waals surface area contributed by atoms with Gasteiger partial charge in [0.05, 0.1) is 0 Å². The van der Waals surface area contributed by atoms with Crippen LogP contribution in [0.15, 0.2) is 79.6 Å². The molecule has 0 radical (unpaired) electrons. The van der Waals surface area contributed by atoms with E-state index >= 15 is 0 Å². The lowest BCUT2D eigenvalue weighted by atomic mass is 9.85. The molecule has 2 heteroatoms. The Morgan fingerprint density at radius 3 is 1.90 bits per heavy atom. The fourth-order valence-corrected chi connectivity index (χ4v) is 2.46. The van der Waals surface area contributed by atoms with Gasteiger partial charge in [0, 0.05) is 18.3 Å². The SMILES string of the molecule is C=C(c1ncc[nH]1)C(c1ccccc1)c1ccccc1. The zero-order valence-corrected chi connectivity index (χ0v) is 11.2. The lowest BCUT2D eigenvalue weighted by molar-refractivity contribution is 1.02. The molecular formula is C18H16N2. The van der Waals surface area contributed by atoms with Crippen molar-refractivity contribution >= 4 is 5.57 Å². The Balaban J connectivity index is 2.07. The predicted molar refractivity (Wildman–Crippen MR) is 82.3 cm³/mol. The number of nitrogens with one attached hydrogen (secondary N) is 1. The number of aromatic nitrogens is 2. The molecule has 98 valence electrons. The average Bonchev–Trinajstić information content (AvgIpc) is 3.04. The second kappa shape index (κ2) is 5.57. The van der Waals surface area contributed by atoms with Crippen molar-refractivity contribution in [2.24, 2.45) is 0 Å². The molecule has 0 saturated carbocycles. The van der Waals surface area contributed by atoms with Crippen LogP contribution in [0.2, 0.25) is 0 Å². The smallest absolute Gasteiger partial charge is 0.133 e. The van der Waals surface area contributed by atoms with Gasteiger partial charge in [-0.2, -0.15) is 0 Å². The Morgan fingerprint density at radius 2 is 1.45 bits per heavy atom. The maximum absolute atomic E-state index is 4.33. The summed E-state index contributed by atoms with van der Waals surface area (Å²) in [6.45, 7) is 4.26. The fraction of sp³-hybridized carbons (Fsp3) is 0.0556. The van der Waals surface area contributed by atoms with E-state index in [1.165, 1.54) is 11.1 Å². The van der Waals surface area contributed by atoms with E-state index < -0.39 is 0 Å². The Labute approximate surface area is 118 Å². The van der Waals surface area contributed by atoms with Crippen LogP contribution in [-0.2, 0) is 0 Å². The molecule has 0 atom stereocenters. The highest BCUT2D eigenvalue weighted by atomic mass is 14.9. The van der Waals surface area contributed by atoms with Crippen LogP contribution < -0.4 is 0 Å². The van der Waals surface area contributed by atoms with Crippen molar-refractivity contribution in [2.75, 3.05) is 0 Å². The molecule has 2 aromatic carbocycles. The van der Waals surface area contributed by atoms with Crippen LogP contribution in [0.5, 0.6) is 0 Å². The molecule has 3 rings (SSSR count). The molecule has 0 aliphatic heterocycles. The van der Waals surface area contributed by atoms with Gasteiger partial charge in [-0.25, -0.2) is 4.98 Å². The first-order valence-corrected chi connectivity index (χ1v) is 6.64. The number of nitrogens with zero attached hydrogens (tertiary/aromatic N) is 1. The van der Waals surface area contributed by atoms with Crippen molar-refractivity contribution in [2.45, 2.75) is 5.92 Å². The molecule has 1 N–H and O–H groups in total. The van der Waals surface area contributed by atoms with Gasteiger partial charge in [0.2, 0.25) is 0 Å². The van der Waals surface area contributed by atoms with Gasteiger partial charge < -0.3 is 4.98 Å². The first-order chi connectivity index (χ1) is 9.86. The van der Waals surface area contributed by atoms with Gasteiger partial charge >= 0.3 is 0 Å². The number of hydrogen-bond donors (Lipinski definition) is 1. The topological polar surface area (TPSA) is 28.7 Å². The standard InChI is InChI=1S/C18H16N2/c1-14(18-19-12-13-20-18)17(15-8-4-2-5-9-15)16-10-6-3-7-11-16/h2-13,17H,1H2,(H,19,20). The van der Waals surface area contributed by atoms with E-state index in [0.29, 0.717) is 0 Å². The van der Waals surface area contributed by atoms with E-state index in [-0.39, 0.29) is 5.92 Å². The molecule has 1 heterocycles. The molecule has 0 amide bonds. The number of H-pyrrole nitrogens is 1. The number of imidazole rings is 1. The van der Waals surface area contributed by atoms with Gasteiger partial charge in [0.15, 0.2) is 0 Å². The zero-order valence-electron chi connectivity index (χ0n) is 11.2. The van der Waals surface area contributed by atoms with E-state index in [1.54, 1.807) is 6.20 Å². The van der Waals surface area contributed by atoms with Crippen LogP contribution in [0.4, 0.5) is 0 Å². The molecule has 2 nitrogen and oxygen atoms in total. The largest absolute Gasteiger partial charge is 0.345 e. The Bertz CT molecular complexity index is 630. The van der Waals surface area contributed by atoms with E-state index in [9.17, 15) is 0 Å². The summed E-state index contributed by atoms with van der Waals surface area (Å²) in [5.41, 5.74) is 3.42. The van der Waals surface area contributed by atoms with Gasteiger partial charge in [-0.05, 0) is 16.7 Å². The molecule has 0 bridgehead atoms. The Hall–Kier alpha value is -2.61. The van der Waals surface area contributed by atoms with E-state index in [4.69, 9.17) is 0 Å². The van der Waals surface area contributed by atoms with Crippen LogP contribution in [0.3, 0.4) is 0 Å². The minimum atomic E-state index is 0.114. The molecule has 0 spiro atoms. The van der Waals surface area contributed by atoms with Crippen LogP contribution in [0.25, 0.3) is 5.57 Å². The van der Waals surface area contributed by atoms with Gasteiger partial charge in [0.1, 0.15) is 5.82 Å². The molecule has 3 aromatic rings. The molecule has 0 unspecified atom stereocenters. The molecule has 0 saturated heterocycles. The third kappa shape index (κ3) is 2.41. The number of allylic oxidation sites excluding steroid dienone is 1. The number of aromatic amines is 1. The van der Waals surface area contributed by atoms with Crippen molar-refractivity contribution < 1.29 is 0 Å². The minimum Gasteiger partial charge on any atom is -0.345 e. The summed E-state index contributed by atoms with van der Waals surface area (Å²) in [5.74, 6) is 0.950. The second-order valence-electron chi connectivity index (χ2n) is 4.72. The molecule has 0 aliphatic rings. The summed E-state index contributed by atoms with van der Waals surface area (Å²) in [4.78, 5) is 7.48. The number of benzene rings is 2. The first kappa shape index (κ1) is 12.4. The normalized spacial score (nSPS) is 10.7. The lowest BCUT2D eigenvalue weighted by Crippen LogP contribution is -2.04. The maximum Gasteiger partial charge on any atom is 0.133 e. The van der Waals surface area contributed by atoms with Gasteiger partial charge in [-0.15, -0.1) is 0 Å². The molecule has 20 heavy (non-hydrogen) atoms. The second-order valence-corrected chi connectivity index (χ2v) is 4.72. The summed E-state index contributed by atoms with van der Waals surface area (Å²) in [6.07, 6.45) is 3.58. The number of hydrogen-bond acceptors (Lipinski definition) is 1. The summed E-state index contributed by atoms with van der Waals surface area (Å²) < 4.78 is 0. The summed E-state index contributed by atoms with van der Waals surface area (Å²) >= 11 is 0. The molecule has 1 aromatic heterocycles. The molecule has 0 fully saturated rings. The quantitative estimate of drug-likeness (QED) is 0.746. The van der Waals surface area contributed by atoms with Crippen molar-refractivity contribution in [3.8, 4) is 0 Å². The summed E-state index contributed by atoms with van der Waals surface area (Å²) in [7, 11) is 0. The maximum atomic E-state index is 4.33. The lowest BCUT2D eigenvalue weighted by Gasteiger charge is -2.19. The van der Waals surface area contributed by atoms with Crippen LogP contribution >= 0.6 is 0 Å². The molecule has 0 aliphatic carbocycles. The molecular weight excluding hydrogens is 244 g/mol. The van der Waals surface area contributed by atoms with Crippen LogP contribution in [0.1, 0.15) is 22.9 Å². The minimum absolute atomic E-state index is 0.114. The van der Waals surface area contributed by atoms with Crippen LogP contribution in [0, 0.1) is 0 Å². The monoisotopic (exact) mass is 260 g/mol. The first-order valence-electron chi connectivity index (χ1n) is 6.64.